The van der Waals surface area contributed by atoms with Crippen molar-refractivity contribution in [2.45, 2.75) is 10.6 Å². The van der Waals surface area contributed by atoms with Crippen LogP contribution < -0.4 is 18.9 Å². The Bertz CT molecular complexity index is 910. The highest BCUT2D eigenvalue weighted by molar-refractivity contribution is 7.93. The number of sulfone groups is 1. The number of benzene rings is 2. The average Bonchev–Trinajstić information content (AvgIpc) is 2.65. The van der Waals surface area contributed by atoms with Gasteiger partial charge in [-0.15, -0.1) is 12.6 Å². The molecule has 0 amide bonds. The molecule has 27 heavy (non-hydrogen) atoms. The van der Waals surface area contributed by atoms with Crippen LogP contribution in [0.1, 0.15) is 11.1 Å². The Hall–Kier alpha value is -2.32. The molecule has 0 fully saturated rings. The van der Waals surface area contributed by atoms with Gasteiger partial charge < -0.3 is 18.9 Å². The van der Waals surface area contributed by atoms with Gasteiger partial charge in [-0.05, 0) is 23.8 Å². The summed E-state index contributed by atoms with van der Waals surface area (Å²) in [6.07, 6.45) is 1.46. The van der Waals surface area contributed by atoms with Crippen molar-refractivity contribution in [3.8, 4) is 23.0 Å². The molecule has 0 saturated heterocycles. The predicted octanol–water partition coefficient (Wildman–Crippen LogP) is 3.60. The van der Waals surface area contributed by atoms with Crippen LogP contribution in [-0.2, 0) is 15.6 Å². The van der Waals surface area contributed by atoms with E-state index in [9.17, 15) is 8.42 Å². The molecule has 2 rings (SSSR count). The molecule has 0 bridgehead atoms. The molecule has 0 unspecified atom stereocenters. The van der Waals surface area contributed by atoms with E-state index >= 15 is 0 Å². The lowest BCUT2D eigenvalue weighted by Gasteiger charge is -2.12. The van der Waals surface area contributed by atoms with E-state index in [1.54, 1.807) is 30.3 Å². The van der Waals surface area contributed by atoms with Crippen molar-refractivity contribution in [2.24, 2.45) is 0 Å². The first-order valence-electron chi connectivity index (χ1n) is 7.90. The van der Waals surface area contributed by atoms with Gasteiger partial charge in [-0.3, -0.25) is 0 Å². The van der Waals surface area contributed by atoms with Crippen LogP contribution in [0, 0.1) is 0 Å². The minimum absolute atomic E-state index is 0.165. The summed E-state index contributed by atoms with van der Waals surface area (Å²) < 4.78 is 46.0. The third-order valence-corrected chi connectivity index (χ3v) is 5.44. The smallest absolute Gasteiger partial charge is 0.175 e. The van der Waals surface area contributed by atoms with Crippen LogP contribution in [0.5, 0.6) is 23.0 Å². The van der Waals surface area contributed by atoms with Crippen molar-refractivity contribution in [3.05, 3.63) is 46.9 Å². The molecule has 6 nitrogen and oxygen atoms in total. The molecule has 0 aliphatic rings. The van der Waals surface area contributed by atoms with Gasteiger partial charge in [-0.1, -0.05) is 6.07 Å². The van der Waals surface area contributed by atoms with Gasteiger partial charge >= 0.3 is 0 Å². The second kappa shape index (κ2) is 9.05. The molecule has 146 valence electrons. The normalized spacial score (nSPS) is 11.4. The zero-order chi connectivity index (χ0) is 20.0. The molecule has 0 atom stereocenters. The van der Waals surface area contributed by atoms with Crippen molar-refractivity contribution in [3.63, 3.8) is 0 Å². The zero-order valence-electron chi connectivity index (χ0n) is 15.6. The number of thiol groups is 1. The molecule has 0 spiro atoms. The number of hydrogen-bond donors (Lipinski definition) is 1. The van der Waals surface area contributed by atoms with Gasteiger partial charge in [0.1, 0.15) is 23.0 Å². The first kappa shape index (κ1) is 21.0. The molecule has 0 N–H and O–H groups in total. The Morgan fingerprint density at radius 1 is 0.889 bits per heavy atom. The Kier molecular flexibility index (Phi) is 7.04. The SMILES string of the molecule is COc1cc(OC)c(/C=C/S(=O)(=O)Cc2ccc(OC)c(S)c2)c(OC)c1. The molecule has 0 radical (unpaired) electrons. The minimum atomic E-state index is -3.53. The molecule has 0 aliphatic carbocycles. The van der Waals surface area contributed by atoms with Crippen molar-refractivity contribution in [2.75, 3.05) is 28.4 Å². The average molecular weight is 411 g/mol. The van der Waals surface area contributed by atoms with Gasteiger partial charge in [0.15, 0.2) is 9.84 Å². The highest BCUT2D eigenvalue weighted by Crippen LogP contribution is 2.35. The van der Waals surface area contributed by atoms with E-state index in [0.717, 1.165) is 5.41 Å². The Labute approximate surface area is 165 Å². The van der Waals surface area contributed by atoms with Crippen LogP contribution in [-0.4, -0.2) is 36.9 Å². The fraction of sp³-hybridized carbons (Fsp3) is 0.263. The maximum Gasteiger partial charge on any atom is 0.175 e. The third kappa shape index (κ3) is 5.33. The summed E-state index contributed by atoms with van der Waals surface area (Å²) in [7, 11) is 2.51. The largest absolute Gasteiger partial charge is 0.496 e. The van der Waals surface area contributed by atoms with Gasteiger partial charge in [0.25, 0.3) is 0 Å². The van der Waals surface area contributed by atoms with E-state index in [2.05, 4.69) is 12.6 Å². The Morgan fingerprint density at radius 2 is 1.48 bits per heavy atom. The number of methoxy groups -OCH3 is 4. The summed E-state index contributed by atoms with van der Waals surface area (Å²) in [5.41, 5.74) is 1.12. The highest BCUT2D eigenvalue weighted by Gasteiger charge is 2.14. The lowest BCUT2D eigenvalue weighted by atomic mass is 10.1. The Morgan fingerprint density at radius 3 is 1.96 bits per heavy atom. The summed E-state index contributed by atoms with van der Waals surface area (Å²) >= 11 is 4.29. The number of hydrogen-bond acceptors (Lipinski definition) is 7. The molecule has 0 aromatic heterocycles. The summed E-state index contributed by atoms with van der Waals surface area (Å²) in [5, 5.41) is 1.14. The molecular formula is C19H22O6S2. The summed E-state index contributed by atoms with van der Waals surface area (Å²) in [5.74, 6) is 1.85. The first-order chi connectivity index (χ1) is 12.8. The maximum atomic E-state index is 12.5. The summed E-state index contributed by atoms with van der Waals surface area (Å²) in [4.78, 5) is 0.577. The second-order valence-electron chi connectivity index (χ2n) is 5.56. The monoisotopic (exact) mass is 410 g/mol. The van der Waals surface area contributed by atoms with Crippen LogP contribution >= 0.6 is 12.6 Å². The topological polar surface area (TPSA) is 71.1 Å². The van der Waals surface area contributed by atoms with Crippen LogP contribution in [0.2, 0.25) is 0 Å². The van der Waals surface area contributed by atoms with Crippen LogP contribution in [0.15, 0.2) is 40.6 Å². The molecule has 8 heteroatoms. The zero-order valence-corrected chi connectivity index (χ0v) is 17.3. The second-order valence-corrected chi connectivity index (χ2v) is 7.93. The van der Waals surface area contributed by atoms with Gasteiger partial charge in [-0.2, -0.15) is 0 Å². The molecular weight excluding hydrogens is 388 g/mol. The fourth-order valence-corrected chi connectivity index (χ4v) is 3.89. The molecule has 0 saturated carbocycles. The van der Waals surface area contributed by atoms with E-state index in [-0.39, 0.29) is 5.75 Å². The quantitative estimate of drug-likeness (QED) is 0.671. The lowest BCUT2D eigenvalue weighted by Crippen LogP contribution is -2.01. The highest BCUT2D eigenvalue weighted by atomic mass is 32.2. The standard InChI is InChI=1S/C19H22O6S2/c1-22-14-10-17(24-3)15(18(11-14)25-4)7-8-27(20,21)12-13-5-6-16(23-2)19(26)9-13/h5-11,26H,12H2,1-4H3/b8-7+. The Balaban J connectivity index is 2.32. The van der Waals surface area contributed by atoms with E-state index in [0.29, 0.717) is 39.0 Å². The van der Waals surface area contributed by atoms with Crippen LogP contribution in [0.25, 0.3) is 6.08 Å². The molecule has 0 aliphatic heterocycles. The van der Waals surface area contributed by atoms with Crippen molar-refractivity contribution < 1.29 is 27.4 Å². The fourth-order valence-electron chi connectivity index (χ4n) is 2.47. The van der Waals surface area contributed by atoms with Crippen molar-refractivity contribution >= 4 is 28.5 Å². The predicted molar refractivity (Wildman–Crippen MR) is 108 cm³/mol. The van der Waals surface area contributed by atoms with Crippen LogP contribution in [0.4, 0.5) is 0 Å². The van der Waals surface area contributed by atoms with E-state index in [1.165, 1.54) is 34.5 Å². The maximum absolute atomic E-state index is 12.5. The first-order valence-corrected chi connectivity index (χ1v) is 10.1. The van der Waals surface area contributed by atoms with Crippen molar-refractivity contribution in [1.29, 1.82) is 0 Å². The van der Waals surface area contributed by atoms with Gasteiger partial charge in [-0.25, -0.2) is 8.42 Å². The van der Waals surface area contributed by atoms with Crippen LogP contribution in [0.3, 0.4) is 0 Å². The van der Waals surface area contributed by atoms with Gasteiger partial charge in [0.2, 0.25) is 0 Å². The van der Waals surface area contributed by atoms with E-state index in [4.69, 9.17) is 18.9 Å². The summed E-state index contributed by atoms with van der Waals surface area (Å²) in [6.45, 7) is 0. The summed E-state index contributed by atoms with van der Waals surface area (Å²) in [6, 6.07) is 8.36. The number of ether oxygens (including phenoxy) is 4. The van der Waals surface area contributed by atoms with E-state index < -0.39 is 9.84 Å². The molecule has 2 aromatic carbocycles. The van der Waals surface area contributed by atoms with Crippen molar-refractivity contribution in [1.82, 2.24) is 0 Å². The van der Waals surface area contributed by atoms with Gasteiger partial charge in [0, 0.05) is 22.4 Å². The molecule has 0 heterocycles. The minimum Gasteiger partial charge on any atom is -0.496 e. The lowest BCUT2D eigenvalue weighted by molar-refractivity contribution is 0.374. The van der Waals surface area contributed by atoms with E-state index in [1.807, 2.05) is 0 Å². The third-order valence-electron chi connectivity index (χ3n) is 3.81. The molecule has 2 aromatic rings. The van der Waals surface area contributed by atoms with Gasteiger partial charge in [0.05, 0.1) is 39.8 Å². The number of rotatable bonds is 8.